The summed E-state index contributed by atoms with van der Waals surface area (Å²) in [6.45, 7) is 1.56. The van der Waals surface area contributed by atoms with E-state index >= 15 is 0 Å². The number of carbonyl (C=O) groups is 2. The molecule has 2 atom stereocenters. The Morgan fingerprint density at radius 2 is 2.43 bits per heavy atom. The van der Waals surface area contributed by atoms with Crippen molar-refractivity contribution in [1.82, 2.24) is 5.32 Å². The summed E-state index contributed by atoms with van der Waals surface area (Å²) in [4.78, 5) is 21.6. The third-order valence-electron chi connectivity index (χ3n) is 2.13. The van der Waals surface area contributed by atoms with Crippen molar-refractivity contribution in [3.8, 4) is 0 Å². The molecule has 0 aliphatic heterocycles. The second kappa shape index (κ2) is 4.57. The Labute approximate surface area is 86.9 Å². The van der Waals surface area contributed by atoms with Gasteiger partial charge in [0, 0.05) is 12.5 Å². The Hall–Kier alpha value is -0.870. The molecule has 0 aromatic rings. The van der Waals surface area contributed by atoms with Gasteiger partial charge >= 0.3 is 5.97 Å². The molecule has 2 unspecified atom stereocenters. The Kier molecular flexibility index (Phi) is 3.66. The standard InChI is InChI=1S/C9H12ClNO3/c1-5(9(13)14)11-6-2-3-8(12)7(10)4-6/h4-6,11H,2-3H2,1H3,(H,13,14). The van der Waals surface area contributed by atoms with E-state index in [4.69, 9.17) is 16.7 Å². The lowest BCUT2D eigenvalue weighted by Crippen LogP contribution is -2.41. The summed E-state index contributed by atoms with van der Waals surface area (Å²) in [7, 11) is 0. The van der Waals surface area contributed by atoms with Gasteiger partial charge in [-0.1, -0.05) is 11.6 Å². The normalized spacial score (nSPS) is 24.3. The largest absolute Gasteiger partial charge is 0.480 e. The van der Waals surface area contributed by atoms with Crippen LogP contribution in [0.3, 0.4) is 0 Å². The zero-order valence-electron chi connectivity index (χ0n) is 7.79. The van der Waals surface area contributed by atoms with E-state index in [-0.39, 0.29) is 16.9 Å². The van der Waals surface area contributed by atoms with Gasteiger partial charge in [-0.05, 0) is 19.4 Å². The number of rotatable bonds is 3. The van der Waals surface area contributed by atoms with E-state index in [2.05, 4.69) is 5.32 Å². The number of aliphatic carboxylic acids is 1. The van der Waals surface area contributed by atoms with Crippen LogP contribution in [0.5, 0.6) is 0 Å². The van der Waals surface area contributed by atoms with Crippen molar-refractivity contribution in [2.45, 2.75) is 31.8 Å². The zero-order valence-corrected chi connectivity index (χ0v) is 8.54. The van der Waals surface area contributed by atoms with E-state index in [1.807, 2.05) is 0 Å². The number of allylic oxidation sites excluding steroid dienone is 1. The summed E-state index contributed by atoms with van der Waals surface area (Å²) in [5, 5.41) is 11.7. The van der Waals surface area contributed by atoms with Gasteiger partial charge in [-0.15, -0.1) is 0 Å². The summed E-state index contributed by atoms with van der Waals surface area (Å²) in [6, 6.07) is -0.750. The summed E-state index contributed by atoms with van der Waals surface area (Å²) >= 11 is 5.65. The molecule has 14 heavy (non-hydrogen) atoms. The maximum Gasteiger partial charge on any atom is 0.320 e. The van der Waals surface area contributed by atoms with Crippen molar-refractivity contribution >= 4 is 23.4 Å². The van der Waals surface area contributed by atoms with Gasteiger partial charge in [-0.3, -0.25) is 14.9 Å². The van der Waals surface area contributed by atoms with Crippen molar-refractivity contribution in [2.75, 3.05) is 0 Å². The Morgan fingerprint density at radius 3 is 2.93 bits per heavy atom. The Morgan fingerprint density at radius 1 is 1.79 bits per heavy atom. The first-order valence-electron chi connectivity index (χ1n) is 4.40. The van der Waals surface area contributed by atoms with Crippen LogP contribution in [0.1, 0.15) is 19.8 Å². The van der Waals surface area contributed by atoms with Crippen LogP contribution in [0.15, 0.2) is 11.1 Å². The smallest absolute Gasteiger partial charge is 0.320 e. The fourth-order valence-corrected chi connectivity index (χ4v) is 1.53. The van der Waals surface area contributed by atoms with E-state index in [0.717, 1.165) is 0 Å². The average Bonchev–Trinajstić information content (AvgIpc) is 2.11. The highest BCUT2D eigenvalue weighted by Crippen LogP contribution is 2.17. The predicted molar refractivity (Wildman–Crippen MR) is 52.2 cm³/mol. The zero-order chi connectivity index (χ0) is 10.7. The topological polar surface area (TPSA) is 66.4 Å². The molecule has 5 heteroatoms. The number of ketones is 1. The van der Waals surface area contributed by atoms with E-state index in [0.29, 0.717) is 12.8 Å². The monoisotopic (exact) mass is 217 g/mol. The third kappa shape index (κ3) is 2.82. The van der Waals surface area contributed by atoms with E-state index in [1.165, 1.54) is 0 Å². The molecule has 0 amide bonds. The van der Waals surface area contributed by atoms with Crippen LogP contribution < -0.4 is 5.32 Å². The lowest BCUT2D eigenvalue weighted by atomic mass is 10.0. The molecule has 2 N–H and O–H groups in total. The van der Waals surface area contributed by atoms with Crippen molar-refractivity contribution in [1.29, 1.82) is 0 Å². The molecule has 1 aliphatic carbocycles. The van der Waals surface area contributed by atoms with E-state index < -0.39 is 12.0 Å². The first kappa shape index (κ1) is 11.2. The van der Waals surface area contributed by atoms with Gasteiger partial charge in [0.15, 0.2) is 5.78 Å². The summed E-state index contributed by atoms with van der Waals surface area (Å²) in [5.74, 6) is -0.987. The van der Waals surface area contributed by atoms with E-state index in [1.54, 1.807) is 13.0 Å². The molecule has 1 aliphatic rings. The number of halogens is 1. The predicted octanol–water partition coefficient (Wildman–Crippen LogP) is 0.903. The van der Waals surface area contributed by atoms with Gasteiger partial charge in [-0.2, -0.15) is 0 Å². The second-order valence-corrected chi connectivity index (χ2v) is 3.72. The van der Waals surface area contributed by atoms with Crippen LogP contribution in [0.2, 0.25) is 0 Å². The van der Waals surface area contributed by atoms with Gasteiger partial charge in [0.05, 0.1) is 5.03 Å². The van der Waals surface area contributed by atoms with Crippen molar-refractivity contribution < 1.29 is 14.7 Å². The van der Waals surface area contributed by atoms with Crippen LogP contribution in [-0.4, -0.2) is 28.9 Å². The summed E-state index contributed by atoms with van der Waals surface area (Å²) < 4.78 is 0. The van der Waals surface area contributed by atoms with Gasteiger partial charge in [0.25, 0.3) is 0 Å². The molecule has 0 saturated heterocycles. The molecule has 0 saturated carbocycles. The molecule has 0 aromatic heterocycles. The van der Waals surface area contributed by atoms with Gasteiger partial charge < -0.3 is 5.11 Å². The van der Waals surface area contributed by atoms with E-state index in [9.17, 15) is 9.59 Å². The quantitative estimate of drug-likeness (QED) is 0.737. The van der Waals surface area contributed by atoms with Crippen LogP contribution >= 0.6 is 11.6 Å². The minimum Gasteiger partial charge on any atom is -0.480 e. The maximum absolute atomic E-state index is 11.0. The molecule has 78 valence electrons. The lowest BCUT2D eigenvalue weighted by molar-refractivity contribution is -0.139. The van der Waals surface area contributed by atoms with Gasteiger partial charge in [-0.25, -0.2) is 0 Å². The SMILES string of the molecule is CC(NC1C=C(Cl)C(=O)CC1)C(=O)O. The highest BCUT2D eigenvalue weighted by molar-refractivity contribution is 6.42. The molecule has 0 spiro atoms. The third-order valence-corrected chi connectivity index (χ3v) is 2.47. The van der Waals surface area contributed by atoms with Crippen LogP contribution in [0.25, 0.3) is 0 Å². The number of carbonyl (C=O) groups excluding carboxylic acids is 1. The second-order valence-electron chi connectivity index (χ2n) is 3.31. The molecule has 4 nitrogen and oxygen atoms in total. The number of Topliss-reactive ketones (excluding diaryl/α,β-unsaturated/α-hetero) is 1. The van der Waals surface area contributed by atoms with Crippen molar-refractivity contribution in [3.05, 3.63) is 11.1 Å². The van der Waals surface area contributed by atoms with Crippen molar-refractivity contribution in [3.63, 3.8) is 0 Å². The first-order chi connectivity index (χ1) is 6.50. The van der Waals surface area contributed by atoms with Gasteiger partial charge in [0.1, 0.15) is 6.04 Å². The van der Waals surface area contributed by atoms with Crippen LogP contribution in [0.4, 0.5) is 0 Å². The molecule has 1 rings (SSSR count). The Balaban J connectivity index is 2.55. The minimum atomic E-state index is -0.911. The lowest BCUT2D eigenvalue weighted by Gasteiger charge is -2.21. The first-order valence-corrected chi connectivity index (χ1v) is 4.78. The molecule has 0 radical (unpaired) electrons. The summed E-state index contributed by atoms with van der Waals surface area (Å²) in [5.41, 5.74) is 0. The average molecular weight is 218 g/mol. The molecule has 0 aromatic carbocycles. The van der Waals surface area contributed by atoms with Crippen molar-refractivity contribution in [2.24, 2.45) is 0 Å². The fourth-order valence-electron chi connectivity index (χ4n) is 1.28. The number of hydrogen-bond acceptors (Lipinski definition) is 3. The highest BCUT2D eigenvalue weighted by Gasteiger charge is 2.21. The van der Waals surface area contributed by atoms with Gasteiger partial charge in [0.2, 0.25) is 0 Å². The van der Waals surface area contributed by atoms with Crippen LogP contribution in [-0.2, 0) is 9.59 Å². The molecule has 0 heterocycles. The minimum absolute atomic E-state index is 0.0762. The molecular formula is C9H12ClNO3. The number of hydrogen-bond donors (Lipinski definition) is 2. The molecule has 0 fully saturated rings. The number of nitrogens with one attached hydrogen (secondary N) is 1. The highest BCUT2D eigenvalue weighted by atomic mass is 35.5. The summed E-state index contributed by atoms with van der Waals surface area (Å²) in [6.07, 6.45) is 2.55. The fraction of sp³-hybridized carbons (Fsp3) is 0.556. The Bertz CT molecular complexity index is 288. The van der Waals surface area contributed by atoms with Crippen LogP contribution in [0, 0.1) is 0 Å². The molecule has 0 bridgehead atoms. The molecular weight excluding hydrogens is 206 g/mol. The maximum atomic E-state index is 11.0. The number of carboxylic acids is 1. The number of carboxylic acid groups (broad SMARTS) is 1.